The predicted molar refractivity (Wildman–Crippen MR) is 76.9 cm³/mol. The zero-order valence-corrected chi connectivity index (χ0v) is 11.8. The van der Waals surface area contributed by atoms with Gasteiger partial charge in [0.05, 0.1) is 16.7 Å². The van der Waals surface area contributed by atoms with E-state index in [2.05, 4.69) is 10.6 Å². The maximum absolute atomic E-state index is 13.8. The number of amides is 1. The zero-order chi connectivity index (χ0) is 15.4. The molecule has 114 valence electrons. The third-order valence-corrected chi connectivity index (χ3v) is 3.34. The average Bonchev–Trinajstić information content (AvgIpc) is 3.27. The van der Waals surface area contributed by atoms with Crippen molar-refractivity contribution in [3.05, 3.63) is 33.6 Å². The molecule has 0 radical (unpaired) electrons. The van der Waals surface area contributed by atoms with E-state index in [9.17, 15) is 19.3 Å². The third kappa shape index (κ3) is 3.90. The molecule has 0 aliphatic heterocycles. The molecule has 0 atom stereocenters. The van der Waals surface area contributed by atoms with E-state index < -0.39 is 22.3 Å². The summed E-state index contributed by atoms with van der Waals surface area (Å²) in [7, 11) is 0. The Balaban J connectivity index is 2.25. The maximum atomic E-state index is 13.8. The van der Waals surface area contributed by atoms with Gasteiger partial charge in [-0.1, -0.05) is 6.92 Å². The molecule has 1 aliphatic rings. The van der Waals surface area contributed by atoms with E-state index in [-0.39, 0.29) is 11.3 Å². The molecule has 0 bridgehead atoms. The van der Waals surface area contributed by atoms with E-state index in [1.807, 2.05) is 6.92 Å². The summed E-state index contributed by atoms with van der Waals surface area (Å²) in [6.07, 6.45) is 2.91. The molecule has 1 saturated carbocycles. The topological polar surface area (TPSA) is 84.3 Å². The van der Waals surface area contributed by atoms with Crippen molar-refractivity contribution in [3.8, 4) is 0 Å². The summed E-state index contributed by atoms with van der Waals surface area (Å²) in [6, 6.07) is 2.01. The molecule has 6 nitrogen and oxygen atoms in total. The van der Waals surface area contributed by atoms with Crippen LogP contribution in [0.3, 0.4) is 0 Å². The van der Waals surface area contributed by atoms with Gasteiger partial charge in [0, 0.05) is 13.1 Å². The Morgan fingerprint density at radius 3 is 2.76 bits per heavy atom. The zero-order valence-electron chi connectivity index (χ0n) is 11.8. The second kappa shape index (κ2) is 6.51. The number of benzene rings is 1. The molecule has 1 aromatic carbocycles. The van der Waals surface area contributed by atoms with Crippen LogP contribution in [-0.2, 0) is 0 Å². The standard InChI is InChI=1S/C14H18FN3O3/c1-2-5-16-12-6-10(13(18(20)21)7-11(12)15)14(19)17-8-9-3-4-9/h6-7,9,16H,2-5,8H2,1H3,(H,17,19). The van der Waals surface area contributed by atoms with Gasteiger partial charge >= 0.3 is 0 Å². The van der Waals surface area contributed by atoms with Crippen molar-refractivity contribution in [2.75, 3.05) is 18.4 Å². The van der Waals surface area contributed by atoms with Crippen molar-refractivity contribution in [2.24, 2.45) is 5.92 Å². The van der Waals surface area contributed by atoms with Crippen molar-refractivity contribution >= 4 is 17.3 Å². The highest BCUT2D eigenvalue weighted by Crippen LogP contribution is 2.29. The molecule has 0 spiro atoms. The number of halogens is 1. The van der Waals surface area contributed by atoms with Gasteiger partial charge in [-0.2, -0.15) is 0 Å². The molecule has 7 heteroatoms. The molecule has 1 aromatic rings. The van der Waals surface area contributed by atoms with Crippen molar-refractivity contribution in [1.29, 1.82) is 0 Å². The highest BCUT2D eigenvalue weighted by Gasteiger charge is 2.26. The smallest absolute Gasteiger partial charge is 0.285 e. The third-order valence-electron chi connectivity index (χ3n) is 3.34. The average molecular weight is 295 g/mol. The lowest BCUT2D eigenvalue weighted by atomic mass is 10.1. The first-order chi connectivity index (χ1) is 10.0. The van der Waals surface area contributed by atoms with Gasteiger partial charge in [0.15, 0.2) is 5.82 Å². The summed E-state index contributed by atoms with van der Waals surface area (Å²) in [4.78, 5) is 22.3. The van der Waals surface area contributed by atoms with Gasteiger partial charge in [-0.3, -0.25) is 14.9 Å². The Kier molecular flexibility index (Phi) is 4.72. The number of nitrogens with zero attached hydrogens (tertiary/aromatic N) is 1. The molecule has 0 saturated heterocycles. The lowest BCUT2D eigenvalue weighted by Crippen LogP contribution is -2.26. The number of nitrogens with one attached hydrogen (secondary N) is 2. The van der Waals surface area contributed by atoms with Crippen LogP contribution in [0.15, 0.2) is 12.1 Å². The quantitative estimate of drug-likeness (QED) is 0.598. The Morgan fingerprint density at radius 1 is 1.48 bits per heavy atom. The number of rotatable bonds is 7. The first-order valence-corrected chi connectivity index (χ1v) is 7.03. The van der Waals surface area contributed by atoms with Gasteiger partial charge in [0.25, 0.3) is 11.6 Å². The molecule has 0 aromatic heterocycles. The van der Waals surface area contributed by atoms with Crippen molar-refractivity contribution in [1.82, 2.24) is 5.32 Å². The largest absolute Gasteiger partial charge is 0.383 e. The number of anilines is 1. The molecular weight excluding hydrogens is 277 g/mol. The fourth-order valence-corrected chi connectivity index (χ4v) is 1.95. The van der Waals surface area contributed by atoms with E-state index in [1.54, 1.807) is 0 Å². The number of carbonyl (C=O) groups excluding carboxylic acids is 1. The number of hydrogen-bond acceptors (Lipinski definition) is 4. The summed E-state index contributed by atoms with van der Waals surface area (Å²) in [6.45, 7) is 2.95. The van der Waals surface area contributed by atoms with Crippen molar-refractivity contribution in [2.45, 2.75) is 26.2 Å². The van der Waals surface area contributed by atoms with Gasteiger partial charge < -0.3 is 10.6 Å². The van der Waals surface area contributed by atoms with Crippen LogP contribution in [0.5, 0.6) is 0 Å². The van der Waals surface area contributed by atoms with Crippen LogP contribution >= 0.6 is 0 Å². The van der Waals surface area contributed by atoms with Crippen LogP contribution in [0, 0.1) is 21.8 Å². The Morgan fingerprint density at radius 2 is 2.19 bits per heavy atom. The van der Waals surface area contributed by atoms with E-state index in [0.29, 0.717) is 19.0 Å². The highest BCUT2D eigenvalue weighted by atomic mass is 19.1. The summed E-state index contributed by atoms with van der Waals surface area (Å²) in [5, 5.41) is 16.5. The normalized spacial score (nSPS) is 13.8. The molecule has 1 aliphatic carbocycles. The number of nitro groups is 1. The maximum Gasteiger partial charge on any atom is 0.285 e. The first kappa shape index (κ1) is 15.2. The minimum Gasteiger partial charge on any atom is -0.383 e. The van der Waals surface area contributed by atoms with Crippen LogP contribution in [-0.4, -0.2) is 23.9 Å². The summed E-state index contributed by atoms with van der Waals surface area (Å²) >= 11 is 0. The molecule has 1 amide bonds. The predicted octanol–water partition coefficient (Wildman–Crippen LogP) is 2.70. The number of carbonyl (C=O) groups is 1. The van der Waals surface area contributed by atoms with Crippen LogP contribution < -0.4 is 10.6 Å². The highest BCUT2D eigenvalue weighted by molar-refractivity contribution is 5.99. The molecule has 0 unspecified atom stereocenters. The van der Waals surface area contributed by atoms with E-state index >= 15 is 0 Å². The van der Waals surface area contributed by atoms with Crippen LogP contribution in [0.2, 0.25) is 0 Å². The molecule has 1 fully saturated rings. The Labute approximate surface area is 121 Å². The molecule has 0 heterocycles. The Bertz CT molecular complexity index is 559. The molecule has 2 N–H and O–H groups in total. The van der Waals surface area contributed by atoms with E-state index in [0.717, 1.165) is 25.3 Å². The summed E-state index contributed by atoms with van der Waals surface area (Å²) in [5.41, 5.74) is -0.512. The van der Waals surface area contributed by atoms with Crippen molar-refractivity contribution < 1.29 is 14.1 Å². The second-order valence-corrected chi connectivity index (χ2v) is 5.19. The molecule has 21 heavy (non-hydrogen) atoms. The fourth-order valence-electron chi connectivity index (χ4n) is 1.95. The minimum absolute atomic E-state index is 0.110. The van der Waals surface area contributed by atoms with Gasteiger partial charge in [-0.15, -0.1) is 0 Å². The second-order valence-electron chi connectivity index (χ2n) is 5.19. The summed E-state index contributed by atoms with van der Waals surface area (Å²) < 4.78 is 13.8. The van der Waals surface area contributed by atoms with Crippen molar-refractivity contribution in [3.63, 3.8) is 0 Å². The number of nitro benzene ring substituents is 1. The number of hydrogen-bond donors (Lipinski definition) is 2. The minimum atomic E-state index is -0.737. The van der Waals surface area contributed by atoms with Gasteiger partial charge in [-0.25, -0.2) is 4.39 Å². The van der Waals surface area contributed by atoms with Gasteiger partial charge in [-0.05, 0) is 31.2 Å². The van der Waals surface area contributed by atoms with E-state index in [4.69, 9.17) is 0 Å². The monoisotopic (exact) mass is 295 g/mol. The lowest BCUT2D eigenvalue weighted by molar-refractivity contribution is -0.385. The van der Waals surface area contributed by atoms with E-state index in [1.165, 1.54) is 6.07 Å². The SMILES string of the molecule is CCCNc1cc(C(=O)NCC2CC2)c([N+](=O)[O-])cc1F. The molecular formula is C14H18FN3O3. The lowest BCUT2D eigenvalue weighted by Gasteiger charge is -2.10. The summed E-state index contributed by atoms with van der Waals surface area (Å²) in [5.74, 6) is -0.798. The van der Waals surface area contributed by atoms with Crippen LogP contribution in [0.4, 0.5) is 15.8 Å². The van der Waals surface area contributed by atoms with Gasteiger partial charge in [0.1, 0.15) is 5.56 Å². The van der Waals surface area contributed by atoms with Gasteiger partial charge in [0.2, 0.25) is 0 Å². The Hall–Kier alpha value is -2.18. The first-order valence-electron chi connectivity index (χ1n) is 7.03. The van der Waals surface area contributed by atoms with Crippen LogP contribution in [0.1, 0.15) is 36.5 Å². The van der Waals surface area contributed by atoms with Crippen LogP contribution in [0.25, 0.3) is 0 Å². The molecule has 2 rings (SSSR count). The fraction of sp³-hybridized carbons (Fsp3) is 0.500.